The maximum absolute atomic E-state index is 12.8. The van der Waals surface area contributed by atoms with E-state index in [0.717, 1.165) is 0 Å². The lowest BCUT2D eigenvalue weighted by Crippen LogP contribution is -2.15. The predicted molar refractivity (Wildman–Crippen MR) is 60.8 cm³/mol. The van der Waals surface area contributed by atoms with Gasteiger partial charge >= 0.3 is 5.97 Å². The quantitative estimate of drug-likeness (QED) is 0.906. The van der Waals surface area contributed by atoms with Crippen molar-refractivity contribution in [2.45, 2.75) is 25.4 Å². The molecule has 0 aliphatic heterocycles. The van der Waals surface area contributed by atoms with Gasteiger partial charge in [-0.3, -0.25) is 4.79 Å². The Kier molecular flexibility index (Phi) is 3.52. The van der Waals surface area contributed by atoms with Crippen LogP contribution in [-0.2, 0) is 4.79 Å². The van der Waals surface area contributed by atoms with E-state index in [1.54, 1.807) is 0 Å². The highest BCUT2D eigenvalue weighted by molar-refractivity contribution is 6.32. The highest BCUT2D eigenvalue weighted by Crippen LogP contribution is 2.32. The summed E-state index contributed by atoms with van der Waals surface area (Å²) in [4.78, 5) is 10.8. The van der Waals surface area contributed by atoms with Crippen molar-refractivity contribution < 1.29 is 19.0 Å². The number of halogens is 2. The van der Waals surface area contributed by atoms with Crippen LogP contribution in [0.1, 0.15) is 19.3 Å². The summed E-state index contributed by atoms with van der Waals surface area (Å²) in [6.07, 6.45) is 1.62. The lowest BCUT2D eigenvalue weighted by molar-refractivity contribution is -0.141. The second kappa shape index (κ2) is 4.92. The third-order valence-electron chi connectivity index (χ3n) is 2.92. The van der Waals surface area contributed by atoms with Crippen molar-refractivity contribution in [3.05, 3.63) is 29.0 Å². The molecule has 0 radical (unpaired) electrons. The van der Waals surface area contributed by atoms with Crippen LogP contribution in [0.25, 0.3) is 0 Å². The van der Waals surface area contributed by atoms with E-state index in [0.29, 0.717) is 25.0 Å². The summed E-state index contributed by atoms with van der Waals surface area (Å²) >= 11 is 5.83. The Morgan fingerprint density at radius 3 is 2.82 bits per heavy atom. The summed E-state index contributed by atoms with van der Waals surface area (Å²) in [5.74, 6) is -1.15. The zero-order valence-corrected chi connectivity index (χ0v) is 9.78. The smallest absolute Gasteiger partial charge is 0.306 e. The molecule has 0 spiro atoms. The van der Waals surface area contributed by atoms with Crippen LogP contribution in [0.2, 0.25) is 5.02 Å². The van der Waals surface area contributed by atoms with Gasteiger partial charge in [-0.15, -0.1) is 0 Å². The van der Waals surface area contributed by atoms with Crippen LogP contribution >= 0.6 is 11.6 Å². The molecule has 0 aromatic heterocycles. The molecule has 17 heavy (non-hydrogen) atoms. The van der Waals surface area contributed by atoms with Crippen molar-refractivity contribution in [1.29, 1.82) is 0 Å². The minimum Gasteiger partial charge on any atom is -0.489 e. The van der Waals surface area contributed by atoms with Crippen molar-refractivity contribution in [2.75, 3.05) is 0 Å². The standard InChI is InChI=1S/C12H12ClFO3/c13-10-6-8(14)2-4-11(10)17-9-3-1-7(5-9)12(15)16/h2,4,6-7,9H,1,3,5H2,(H,15,16). The number of carboxylic acid groups (broad SMARTS) is 1. The number of ether oxygens (including phenoxy) is 1. The first-order chi connectivity index (χ1) is 8.06. The van der Waals surface area contributed by atoms with Gasteiger partial charge in [-0.1, -0.05) is 11.6 Å². The van der Waals surface area contributed by atoms with Gasteiger partial charge in [0.15, 0.2) is 0 Å². The summed E-state index contributed by atoms with van der Waals surface area (Å²) in [5, 5.41) is 9.07. The highest BCUT2D eigenvalue weighted by Gasteiger charge is 2.31. The Morgan fingerprint density at radius 2 is 2.24 bits per heavy atom. The number of carboxylic acids is 1. The molecule has 1 aliphatic rings. The van der Waals surface area contributed by atoms with Crippen molar-refractivity contribution in [3.8, 4) is 5.75 Å². The van der Waals surface area contributed by atoms with E-state index >= 15 is 0 Å². The van der Waals surface area contributed by atoms with Gasteiger partial charge in [0, 0.05) is 0 Å². The van der Waals surface area contributed by atoms with Crippen LogP contribution in [0.5, 0.6) is 5.75 Å². The van der Waals surface area contributed by atoms with E-state index in [-0.39, 0.29) is 17.0 Å². The van der Waals surface area contributed by atoms with Gasteiger partial charge in [0.1, 0.15) is 11.6 Å². The highest BCUT2D eigenvalue weighted by atomic mass is 35.5. The Hall–Kier alpha value is -1.29. The zero-order valence-electron chi connectivity index (χ0n) is 9.03. The van der Waals surface area contributed by atoms with E-state index in [1.165, 1.54) is 18.2 Å². The molecule has 0 bridgehead atoms. The van der Waals surface area contributed by atoms with Crippen molar-refractivity contribution in [1.82, 2.24) is 0 Å². The topological polar surface area (TPSA) is 46.5 Å². The van der Waals surface area contributed by atoms with E-state index in [4.69, 9.17) is 21.4 Å². The fourth-order valence-electron chi connectivity index (χ4n) is 2.02. The van der Waals surface area contributed by atoms with Crippen LogP contribution in [0, 0.1) is 11.7 Å². The summed E-state index contributed by atoms with van der Waals surface area (Å²) in [5.41, 5.74) is 0. The summed E-state index contributed by atoms with van der Waals surface area (Å²) in [6.45, 7) is 0. The predicted octanol–water partition coefficient (Wildman–Crippen LogP) is 3.11. The number of carbonyl (C=O) groups is 1. The zero-order chi connectivity index (χ0) is 12.4. The average Bonchev–Trinajstić information content (AvgIpc) is 2.71. The number of hydrogen-bond acceptors (Lipinski definition) is 2. The molecule has 92 valence electrons. The molecule has 2 unspecified atom stereocenters. The first-order valence-corrected chi connectivity index (χ1v) is 5.78. The van der Waals surface area contributed by atoms with Crippen LogP contribution in [0.15, 0.2) is 18.2 Å². The molecule has 1 N–H and O–H groups in total. The molecule has 1 fully saturated rings. The molecule has 1 aromatic rings. The van der Waals surface area contributed by atoms with Crippen molar-refractivity contribution >= 4 is 17.6 Å². The number of benzene rings is 1. The SMILES string of the molecule is O=C(O)C1CCC(Oc2ccc(F)cc2Cl)C1. The fraction of sp³-hybridized carbons (Fsp3) is 0.417. The van der Waals surface area contributed by atoms with Gasteiger partial charge < -0.3 is 9.84 Å². The Balaban J connectivity index is 2.00. The molecule has 0 heterocycles. The van der Waals surface area contributed by atoms with Gasteiger partial charge in [0.05, 0.1) is 17.0 Å². The van der Waals surface area contributed by atoms with E-state index < -0.39 is 11.8 Å². The number of hydrogen-bond donors (Lipinski definition) is 1. The minimum absolute atomic E-state index is 0.154. The molecule has 0 amide bonds. The molecule has 5 heteroatoms. The molecule has 2 atom stereocenters. The maximum atomic E-state index is 12.8. The third kappa shape index (κ3) is 2.88. The Labute approximate surface area is 103 Å². The van der Waals surface area contributed by atoms with Gasteiger partial charge in [0.25, 0.3) is 0 Å². The molecule has 1 aliphatic carbocycles. The van der Waals surface area contributed by atoms with Crippen molar-refractivity contribution in [2.24, 2.45) is 5.92 Å². The number of aliphatic carboxylic acids is 1. The molecule has 2 rings (SSSR count). The first-order valence-electron chi connectivity index (χ1n) is 5.41. The van der Waals surface area contributed by atoms with Crippen LogP contribution in [0.3, 0.4) is 0 Å². The molecule has 1 saturated carbocycles. The maximum Gasteiger partial charge on any atom is 0.306 e. The first kappa shape index (κ1) is 12.2. The molecule has 3 nitrogen and oxygen atoms in total. The summed E-state index contributed by atoms with van der Waals surface area (Å²) in [7, 11) is 0. The normalized spacial score (nSPS) is 23.6. The average molecular weight is 259 g/mol. The lowest BCUT2D eigenvalue weighted by atomic mass is 10.1. The van der Waals surface area contributed by atoms with Gasteiger partial charge in [-0.2, -0.15) is 0 Å². The van der Waals surface area contributed by atoms with E-state index in [9.17, 15) is 9.18 Å². The monoisotopic (exact) mass is 258 g/mol. The molecular weight excluding hydrogens is 247 g/mol. The Morgan fingerprint density at radius 1 is 1.47 bits per heavy atom. The molecule has 0 saturated heterocycles. The van der Waals surface area contributed by atoms with Crippen molar-refractivity contribution in [3.63, 3.8) is 0 Å². The van der Waals surface area contributed by atoms with Crippen LogP contribution < -0.4 is 4.74 Å². The Bertz CT molecular complexity index is 436. The van der Waals surface area contributed by atoms with Crippen LogP contribution in [-0.4, -0.2) is 17.2 Å². The van der Waals surface area contributed by atoms with Gasteiger partial charge in [-0.05, 0) is 37.5 Å². The second-order valence-corrected chi connectivity index (χ2v) is 4.57. The lowest BCUT2D eigenvalue weighted by Gasteiger charge is -2.14. The van der Waals surface area contributed by atoms with Crippen LogP contribution in [0.4, 0.5) is 4.39 Å². The molecular formula is C12H12ClFO3. The fourth-order valence-corrected chi connectivity index (χ4v) is 2.23. The third-order valence-corrected chi connectivity index (χ3v) is 3.22. The summed E-state index contributed by atoms with van der Waals surface area (Å²) in [6, 6.07) is 3.91. The summed E-state index contributed by atoms with van der Waals surface area (Å²) < 4.78 is 18.4. The molecule has 1 aromatic carbocycles. The van der Waals surface area contributed by atoms with Gasteiger partial charge in [-0.25, -0.2) is 4.39 Å². The minimum atomic E-state index is -0.790. The van der Waals surface area contributed by atoms with E-state index in [2.05, 4.69) is 0 Å². The number of rotatable bonds is 3. The van der Waals surface area contributed by atoms with E-state index in [1.807, 2.05) is 0 Å². The largest absolute Gasteiger partial charge is 0.489 e. The second-order valence-electron chi connectivity index (χ2n) is 4.16. The van der Waals surface area contributed by atoms with Gasteiger partial charge in [0.2, 0.25) is 0 Å².